The molecule has 4 rings (SSSR count). The van der Waals surface area contributed by atoms with Crippen LogP contribution in [0.4, 0.5) is 5.69 Å². The van der Waals surface area contributed by atoms with Gasteiger partial charge in [-0.15, -0.1) is 11.3 Å². The summed E-state index contributed by atoms with van der Waals surface area (Å²) >= 11 is 13.4. The van der Waals surface area contributed by atoms with Crippen molar-refractivity contribution in [3.63, 3.8) is 0 Å². The van der Waals surface area contributed by atoms with Crippen LogP contribution >= 0.6 is 34.5 Å². The number of amides is 1. The molecule has 0 aliphatic rings. The van der Waals surface area contributed by atoms with Gasteiger partial charge in [-0.05, 0) is 50.2 Å². The van der Waals surface area contributed by atoms with E-state index < -0.39 is 4.92 Å². The van der Waals surface area contributed by atoms with Crippen LogP contribution in [0.2, 0.25) is 10.0 Å². The Balaban J connectivity index is 1.53. The zero-order chi connectivity index (χ0) is 23.0. The molecule has 1 amide bonds. The number of halogens is 2. The van der Waals surface area contributed by atoms with Crippen LogP contribution in [0.3, 0.4) is 0 Å². The van der Waals surface area contributed by atoms with Gasteiger partial charge in [0.25, 0.3) is 11.6 Å². The molecule has 0 aliphatic heterocycles. The standard InChI is InChI=1S/C22H16Cl2N4O3S/c1-12-7-15(13(2)27(12)16-3-5-18(23)19(24)10-16)11-25-26-22(29)21-9-14-8-17(28(30)31)4-6-20(14)32-21/h3-11H,1-2H3,(H,26,29)/b25-11+. The van der Waals surface area contributed by atoms with Gasteiger partial charge in [-0.1, -0.05) is 23.2 Å². The molecule has 162 valence electrons. The Kier molecular flexibility index (Phi) is 6.01. The fourth-order valence-electron chi connectivity index (χ4n) is 3.41. The molecule has 0 saturated carbocycles. The van der Waals surface area contributed by atoms with Crippen LogP contribution in [0.1, 0.15) is 26.6 Å². The highest BCUT2D eigenvalue weighted by Crippen LogP contribution is 2.29. The third-order valence-electron chi connectivity index (χ3n) is 4.94. The van der Waals surface area contributed by atoms with Gasteiger partial charge in [-0.2, -0.15) is 5.10 Å². The lowest BCUT2D eigenvalue weighted by Gasteiger charge is -2.10. The minimum absolute atomic E-state index is 0.0161. The number of fused-ring (bicyclic) bond motifs is 1. The van der Waals surface area contributed by atoms with E-state index in [0.29, 0.717) is 20.3 Å². The lowest BCUT2D eigenvalue weighted by atomic mass is 10.2. The second-order valence-corrected chi connectivity index (χ2v) is 8.95. The van der Waals surface area contributed by atoms with E-state index in [0.717, 1.165) is 27.3 Å². The van der Waals surface area contributed by atoms with E-state index in [1.807, 2.05) is 30.5 Å². The summed E-state index contributed by atoms with van der Waals surface area (Å²) in [6, 6.07) is 13.5. The molecule has 32 heavy (non-hydrogen) atoms. The average molecular weight is 487 g/mol. The van der Waals surface area contributed by atoms with Crippen LogP contribution in [0.25, 0.3) is 15.8 Å². The quantitative estimate of drug-likeness (QED) is 0.204. The van der Waals surface area contributed by atoms with Gasteiger partial charge in [-0.3, -0.25) is 14.9 Å². The highest BCUT2D eigenvalue weighted by atomic mass is 35.5. The molecule has 0 atom stereocenters. The number of carbonyl (C=O) groups is 1. The van der Waals surface area contributed by atoms with Crippen molar-refractivity contribution in [3.8, 4) is 5.69 Å². The van der Waals surface area contributed by atoms with Crippen molar-refractivity contribution in [3.05, 3.63) is 90.5 Å². The first-order chi connectivity index (χ1) is 15.2. The molecule has 4 aromatic rings. The third-order valence-corrected chi connectivity index (χ3v) is 6.79. The number of carbonyl (C=O) groups excluding carboxylic acids is 1. The third kappa shape index (κ3) is 4.25. The van der Waals surface area contributed by atoms with E-state index in [4.69, 9.17) is 23.2 Å². The minimum atomic E-state index is -0.463. The van der Waals surface area contributed by atoms with E-state index in [-0.39, 0.29) is 11.6 Å². The second-order valence-electron chi connectivity index (χ2n) is 7.05. The first-order valence-corrected chi connectivity index (χ1v) is 11.0. The van der Waals surface area contributed by atoms with Crippen molar-refractivity contribution in [2.45, 2.75) is 13.8 Å². The van der Waals surface area contributed by atoms with Gasteiger partial charge in [0.1, 0.15) is 0 Å². The summed E-state index contributed by atoms with van der Waals surface area (Å²) in [7, 11) is 0. The summed E-state index contributed by atoms with van der Waals surface area (Å²) in [6.45, 7) is 3.90. The smallest absolute Gasteiger partial charge is 0.281 e. The van der Waals surface area contributed by atoms with Gasteiger partial charge in [0, 0.05) is 44.9 Å². The first kappa shape index (κ1) is 22.0. The maximum atomic E-state index is 12.5. The highest BCUT2D eigenvalue weighted by Gasteiger charge is 2.14. The number of thiophene rings is 1. The van der Waals surface area contributed by atoms with Crippen molar-refractivity contribution >= 4 is 62.4 Å². The molecule has 2 aromatic carbocycles. The number of nitrogens with one attached hydrogen (secondary N) is 1. The van der Waals surface area contributed by atoms with Crippen LogP contribution < -0.4 is 5.43 Å². The number of nitro benzene ring substituents is 1. The molecule has 2 aromatic heterocycles. The van der Waals surface area contributed by atoms with Gasteiger partial charge < -0.3 is 4.57 Å². The first-order valence-electron chi connectivity index (χ1n) is 9.40. The van der Waals surface area contributed by atoms with E-state index in [1.54, 1.807) is 30.5 Å². The summed E-state index contributed by atoms with van der Waals surface area (Å²) < 4.78 is 2.81. The van der Waals surface area contributed by atoms with E-state index in [2.05, 4.69) is 10.5 Å². The van der Waals surface area contributed by atoms with Crippen molar-refractivity contribution in [1.82, 2.24) is 9.99 Å². The van der Waals surface area contributed by atoms with Crippen molar-refractivity contribution in [1.29, 1.82) is 0 Å². The predicted octanol–water partition coefficient (Wildman–Crippen LogP) is 6.29. The fourth-order valence-corrected chi connectivity index (χ4v) is 4.64. The Morgan fingerprint density at radius 3 is 2.62 bits per heavy atom. The number of hydrazone groups is 1. The number of aryl methyl sites for hydroxylation is 1. The SMILES string of the molecule is Cc1cc(/C=N/NC(=O)c2cc3cc([N+](=O)[O-])ccc3s2)c(C)n1-c1ccc(Cl)c(Cl)c1. The van der Waals surface area contributed by atoms with Crippen LogP contribution in [-0.4, -0.2) is 21.6 Å². The summed E-state index contributed by atoms with van der Waals surface area (Å²) in [6.07, 6.45) is 1.58. The summed E-state index contributed by atoms with van der Waals surface area (Å²) in [5, 5.41) is 16.6. The number of hydrogen-bond acceptors (Lipinski definition) is 5. The van der Waals surface area contributed by atoms with Crippen molar-refractivity contribution in [2.24, 2.45) is 5.10 Å². The molecular formula is C22H16Cl2N4O3S. The Morgan fingerprint density at radius 2 is 1.91 bits per heavy atom. The molecule has 0 bridgehead atoms. The molecule has 1 N–H and O–H groups in total. The number of benzene rings is 2. The number of hydrogen-bond donors (Lipinski definition) is 1. The Hall–Kier alpha value is -3.20. The van der Waals surface area contributed by atoms with E-state index >= 15 is 0 Å². The lowest BCUT2D eigenvalue weighted by molar-refractivity contribution is -0.384. The van der Waals surface area contributed by atoms with Crippen molar-refractivity contribution < 1.29 is 9.72 Å². The summed E-state index contributed by atoms with van der Waals surface area (Å²) in [4.78, 5) is 23.4. The predicted molar refractivity (Wildman–Crippen MR) is 129 cm³/mol. The molecule has 7 nitrogen and oxygen atoms in total. The molecule has 0 radical (unpaired) electrons. The molecular weight excluding hydrogens is 471 g/mol. The number of nitro groups is 1. The molecule has 0 fully saturated rings. The molecule has 0 aliphatic carbocycles. The zero-order valence-corrected chi connectivity index (χ0v) is 19.3. The van der Waals surface area contributed by atoms with Crippen LogP contribution in [0.15, 0.2) is 53.6 Å². The second kappa shape index (κ2) is 8.74. The monoisotopic (exact) mass is 486 g/mol. The molecule has 0 saturated heterocycles. The van der Waals surface area contributed by atoms with Gasteiger partial charge in [0.05, 0.1) is 26.1 Å². The molecule has 0 unspecified atom stereocenters. The highest BCUT2D eigenvalue weighted by molar-refractivity contribution is 7.20. The average Bonchev–Trinajstić information content (AvgIpc) is 3.30. The number of rotatable bonds is 5. The molecule has 10 heteroatoms. The fraction of sp³-hybridized carbons (Fsp3) is 0.0909. The minimum Gasteiger partial charge on any atom is -0.318 e. The number of nitrogens with zero attached hydrogens (tertiary/aromatic N) is 3. The van der Waals surface area contributed by atoms with Crippen molar-refractivity contribution in [2.75, 3.05) is 0 Å². The lowest BCUT2D eigenvalue weighted by Crippen LogP contribution is -2.16. The van der Waals surface area contributed by atoms with Gasteiger partial charge in [0.2, 0.25) is 0 Å². The van der Waals surface area contributed by atoms with Gasteiger partial charge >= 0.3 is 0 Å². The van der Waals surface area contributed by atoms with E-state index in [1.165, 1.54) is 23.5 Å². The molecule has 2 heterocycles. The summed E-state index contributed by atoms with van der Waals surface area (Å²) in [5.74, 6) is -0.386. The van der Waals surface area contributed by atoms with Gasteiger partial charge in [0.15, 0.2) is 0 Å². The maximum Gasteiger partial charge on any atom is 0.281 e. The topological polar surface area (TPSA) is 89.5 Å². The normalized spacial score (nSPS) is 11.4. The van der Waals surface area contributed by atoms with Crippen LogP contribution in [0.5, 0.6) is 0 Å². The maximum absolute atomic E-state index is 12.5. The summed E-state index contributed by atoms with van der Waals surface area (Å²) in [5.41, 5.74) is 6.10. The largest absolute Gasteiger partial charge is 0.318 e. The Morgan fingerprint density at radius 1 is 1.12 bits per heavy atom. The zero-order valence-electron chi connectivity index (χ0n) is 16.9. The number of aromatic nitrogens is 1. The Labute approximate surface area is 197 Å². The number of non-ortho nitro benzene ring substituents is 1. The Bertz CT molecular complexity index is 1410. The van der Waals surface area contributed by atoms with E-state index in [9.17, 15) is 14.9 Å². The van der Waals surface area contributed by atoms with Gasteiger partial charge in [-0.25, -0.2) is 5.43 Å². The van der Waals surface area contributed by atoms with Crippen LogP contribution in [0, 0.1) is 24.0 Å². The van der Waals surface area contributed by atoms with Crippen LogP contribution in [-0.2, 0) is 0 Å². The molecule has 0 spiro atoms.